The SMILES string of the molecule is COc1cc(/C=C/C(=O)C(O)c2cc(=O)c(O)co2)ccc1O. The van der Waals surface area contributed by atoms with Crippen molar-refractivity contribution in [3.63, 3.8) is 0 Å². The zero-order valence-electron chi connectivity index (χ0n) is 12.1. The molecule has 1 aromatic carbocycles. The molecule has 0 saturated heterocycles. The Hall–Kier alpha value is -3.06. The fraction of sp³-hybridized carbons (Fsp3) is 0.125. The number of hydrogen-bond acceptors (Lipinski definition) is 7. The van der Waals surface area contributed by atoms with Crippen LogP contribution in [0, 0.1) is 0 Å². The predicted octanol–water partition coefficient (Wildman–Crippen LogP) is 1.38. The van der Waals surface area contributed by atoms with E-state index in [1.54, 1.807) is 6.07 Å². The molecule has 1 aromatic heterocycles. The van der Waals surface area contributed by atoms with Crippen LogP contribution in [-0.4, -0.2) is 28.2 Å². The lowest BCUT2D eigenvalue weighted by Gasteiger charge is -2.06. The van der Waals surface area contributed by atoms with Crippen LogP contribution in [0.25, 0.3) is 6.08 Å². The van der Waals surface area contributed by atoms with Gasteiger partial charge >= 0.3 is 0 Å². The minimum Gasteiger partial charge on any atom is -0.504 e. The number of aromatic hydroxyl groups is 2. The predicted molar refractivity (Wildman–Crippen MR) is 80.3 cm³/mol. The third kappa shape index (κ3) is 3.78. The number of methoxy groups -OCH3 is 1. The third-order valence-corrected chi connectivity index (χ3v) is 3.02. The Labute approximate surface area is 130 Å². The summed E-state index contributed by atoms with van der Waals surface area (Å²) in [6, 6.07) is 5.30. The molecule has 0 aliphatic rings. The summed E-state index contributed by atoms with van der Waals surface area (Å²) in [5.41, 5.74) is -0.197. The van der Waals surface area contributed by atoms with Gasteiger partial charge < -0.3 is 24.5 Å². The van der Waals surface area contributed by atoms with E-state index in [1.165, 1.54) is 25.3 Å². The normalized spacial score (nSPS) is 12.3. The zero-order chi connectivity index (χ0) is 17.0. The molecule has 1 atom stereocenters. The molecule has 0 aliphatic heterocycles. The van der Waals surface area contributed by atoms with Crippen molar-refractivity contribution in [2.45, 2.75) is 6.10 Å². The Bertz CT molecular complexity index is 804. The molecule has 120 valence electrons. The van der Waals surface area contributed by atoms with Crippen molar-refractivity contribution >= 4 is 11.9 Å². The highest BCUT2D eigenvalue weighted by molar-refractivity contribution is 5.97. The summed E-state index contributed by atoms with van der Waals surface area (Å²) in [5, 5.41) is 28.4. The lowest BCUT2D eigenvalue weighted by atomic mass is 10.1. The number of phenolic OH excluding ortho intramolecular Hbond substituents is 1. The van der Waals surface area contributed by atoms with E-state index >= 15 is 0 Å². The molecule has 0 aliphatic carbocycles. The molecule has 7 heteroatoms. The first-order chi connectivity index (χ1) is 10.9. The molecule has 0 bridgehead atoms. The standard InChI is InChI=1S/C16H14O7/c1-22-14-6-9(2-4-10(14)17)3-5-11(18)16(21)15-7-12(19)13(20)8-23-15/h2-8,16-17,20-21H,1H3/b5-3+. The number of aliphatic hydroxyl groups is 1. The zero-order valence-corrected chi connectivity index (χ0v) is 12.1. The highest BCUT2D eigenvalue weighted by atomic mass is 16.5. The van der Waals surface area contributed by atoms with Gasteiger partial charge in [0.1, 0.15) is 12.0 Å². The van der Waals surface area contributed by atoms with Crippen LogP contribution in [0.15, 0.2) is 45.8 Å². The van der Waals surface area contributed by atoms with E-state index in [0.29, 0.717) is 5.56 Å². The first kappa shape index (κ1) is 16.3. The fourth-order valence-corrected chi connectivity index (χ4v) is 1.77. The van der Waals surface area contributed by atoms with Crippen molar-refractivity contribution < 1.29 is 29.3 Å². The van der Waals surface area contributed by atoms with Gasteiger partial charge in [-0.05, 0) is 23.8 Å². The molecule has 2 rings (SSSR count). The summed E-state index contributed by atoms with van der Waals surface area (Å²) in [6.45, 7) is 0. The second-order valence-electron chi connectivity index (χ2n) is 4.60. The van der Waals surface area contributed by atoms with E-state index in [4.69, 9.17) is 14.3 Å². The van der Waals surface area contributed by atoms with Crippen LogP contribution in [0.1, 0.15) is 17.4 Å². The van der Waals surface area contributed by atoms with Gasteiger partial charge in [0.25, 0.3) is 0 Å². The second-order valence-corrected chi connectivity index (χ2v) is 4.60. The number of ether oxygens (including phenoxy) is 1. The molecule has 0 amide bonds. The van der Waals surface area contributed by atoms with E-state index in [1.807, 2.05) is 0 Å². The summed E-state index contributed by atoms with van der Waals surface area (Å²) in [7, 11) is 1.39. The number of carbonyl (C=O) groups is 1. The van der Waals surface area contributed by atoms with E-state index in [-0.39, 0.29) is 17.3 Å². The van der Waals surface area contributed by atoms with Gasteiger partial charge in [0, 0.05) is 6.07 Å². The minimum atomic E-state index is -1.67. The van der Waals surface area contributed by atoms with Crippen LogP contribution in [0.5, 0.6) is 17.2 Å². The van der Waals surface area contributed by atoms with E-state index in [2.05, 4.69) is 0 Å². The number of aliphatic hydroxyl groups excluding tert-OH is 1. The van der Waals surface area contributed by atoms with Gasteiger partial charge in [0.15, 0.2) is 29.1 Å². The maximum Gasteiger partial charge on any atom is 0.226 e. The molecule has 1 heterocycles. The van der Waals surface area contributed by atoms with Crippen LogP contribution in [0.3, 0.4) is 0 Å². The third-order valence-electron chi connectivity index (χ3n) is 3.02. The van der Waals surface area contributed by atoms with E-state index in [9.17, 15) is 19.8 Å². The van der Waals surface area contributed by atoms with Crippen LogP contribution < -0.4 is 10.2 Å². The Kier molecular flexibility index (Phi) is 4.82. The summed E-state index contributed by atoms with van der Waals surface area (Å²) >= 11 is 0. The molecule has 1 unspecified atom stereocenters. The van der Waals surface area contributed by atoms with Crippen LogP contribution in [-0.2, 0) is 4.79 Å². The number of phenols is 1. The first-order valence-electron chi connectivity index (χ1n) is 6.51. The number of rotatable bonds is 5. The molecule has 3 N–H and O–H groups in total. The van der Waals surface area contributed by atoms with Gasteiger partial charge in [-0.15, -0.1) is 0 Å². The fourth-order valence-electron chi connectivity index (χ4n) is 1.77. The van der Waals surface area contributed by atoms with Gasteiger partial charge in [-0.3, -0.25) is 9.59 Å². The Morgan fingerprint density at radius 2 is 2.00 bits per heavy atom. The molecule has 0 spiro atoms. The quantitative estimate of drug-likeness (QED) is 0.713. The summed E-state index contributed by atoms with van der Waals surface area (Å²) in [6.07, 6.45) is 1.59. The van der Waals surface area contributed by atoms with E-state index < -0.39 is 23.1 Å². The van der Waals surface area contributed by atoms with Crippen molar-refractivity contribution in [2.24, 2.45) is 0 Å². The molecule has 0 radical (unpaired) electrons. The lowest BCUT2D eigenvalue weighted by molar-refractivity contribution is -0.123. The van der Waals surface area contributed by atoms with Gasteiger partial charge in [-0.25, -0.2) is 0 Å². The highest BCUT2D eigenvalue weighted by Crippen LogP contribution is 2.27. The number of ketones is 1. The highest BCUT2D eigenvalue weighted by Gasteiger charge is 2.18. The molecular weight excluding hydrogens is 304 g/mol. The van der Waals surface area contributed by atoms with Crippen LogP contribution in [0.4, 0.5) is 0 Å². The average molecular weight is 318 g/mol. The molecule has 0 fully saturated rings. The number of carbonyl (C=O) groups excluding carboxylic acids is 1. The molecule has 23 heavy (non-hydrogen) atoms. The van der Waals surface area contributed by atoms with Gasteiger partial charge in [-0.2, -0.15) is 0 Å². The Morgan fingerprint density at radius 1 is 1.26 bits per heavy atom. The topological polar surface area (TPSA) is 117 Å². The van der Waals surface area contributed by atoms with Crippen molar-refractivity contribution in [3.8, 4) is 17.2 Å². The van der Waals surface area contributed by atoms with Crippen molar-refractivity contribution in [2.75, 3.05) is 7.11 Å². The number of benzene rings is 1. The summed E-state index contributed by atoms with van der Waals surface area (Å²) in [5.74, 6) is -1.40. The smallest absolute Gasteiger partial charge is 0.226 e. The summed E-state index contributed by atoms with van der Waals surface area (Å²) < 4.78 is 9.76. The average Bonchev–Trinajstić information content (AvgIpc) is 2.55. The second kappa shape index (κ2) is 6.80. The maximum absolute atomic E-state index is 11.9. The summed E-state index contributed by atoms with van der Waals surface area (Å²) in [4.78, 5) is 23.2. The lowest BCUT2D eigenvalue weighted by Crippen LogP contribution is -2.11. The minimum absolute atomic E-state index is 0.0399. The van der Waals surface area contributed by atoms with Crippen molar-refractivity contribution in [3.05, 3.63) is 58.2 Å². The molecule has 0 saturated carbocycles. The van der Waals surface area contributed by atoms with Gasteiger partial charge in [0.2, 0.25) is 5.43 Å². The largest absolute Gasteiger partial charge is 0.504 e. The maximum atomic E-state index is 11.9. The monoisotopic (exact) mass is 318 g/mol. The Balaban J connectivity index is 2.17. The number of hydrogen-bond donors (Lipinski definition) is 3. The molecule has 7 nitrogen and oxygen atoms in total. The van der Waals surface area contributed by atoms with Crippen molar-refractivity contribution in [1.29, 1.82) is 0 Å². The van der Waals surface area contributed by atoms with Crippen LogP contribution >= 0.6 is 0 Å². The molecule has 2 aromatic rings. The van der Waals surface area contributed by atoms with Crippen LogP contribution in [0.2, 0.25) is 0 Å². The Morgan fingerprint density at radius 3 is 2.65 bits per heavy atom. The van der Waals surface area contributed by atoms with Gasteiger partial charge in [-0.1, -0.05) is 12.1 Å². The molecular formula is C16H14O7. The van der Waals surface area contributed by atoms with E-state index in [0.717, 1.165) is 18.4 Å². The van der Waals surface area contributed by atoms with Crippen molar-refractivity contribution in [1.82, 2.24) is 0 Å². The first-order valence-corrected chi connectivity index (χ1v) is 6.51. The van der Waals surface area contributed by atoms with Gasteiger partial charge in [0.05, 0.1) is 7.11 Å².